The van der Waals surface area contributed by atoms with Gasteiger partial charge >= 0.3 is 0 Å². The van der Waals surface area contributed by atoms with Gasteiger partial charge in [0.1, 0.15) is 5.75 Å². The van der Waals surface area contributed by atoms with Gasteiger partial charge in [-0.15, -0.1) is 0 Å². The highest BCUT2D eigenvalue weighted by Gasteiger charge is 2.21. The lowest BCUT2D eigenvalue weighted by molar-refractivity contribution is 0.0951. The summed E-state index contributed by atoms with van der Waals surface area (Å²) in [6.45, 7) is 2.66. The van der Waals surface area contributed by atoms with Crippen molar-refractivity contribution in [2.75, 3.05) is 14.2 Å². The van der Waals surface area contributed by atoms with E-state index in [1.807, 2.05) is 31.2 Å². The van der Waals surface area contributed by atoms with Crippen LogP contribution in [-0.2, 0) is 23.1 Å². The molecule has 0 radical (unpaired) electrons. The van der Waals surface area contributed by atoms with Crippen LogP contribution in [0.4, 0.5) is 0 Å². The van der Waals surface area contributed by atoms with Gasteiger partial charge in [-0.1, -0.05) is 42.0 Å². The van der Waals surface area contributed by atoms with Crippen LogP contribution in [0.15, 0.2) is 77.7 Å². The first kappa shape index (κ1) is 22.5. The van der Waals surface area contributed by atoms with Gasteiger partial charge in [0.15, 0.2) is 0 Å². The molecule has 7 heteroatoms. The van der Waals surface area contributed by atoms with Gasteiger partial charge in [-0.3, -0.25) is 4.79 Å². The third-order valence-electron chi connectivity index (χ3n) is 4.96. The lowest BCUT2D eigenvalue weighted by Crippen LogP contribution is -2.26. The fourth-order valence-electron chi connectivity index (χ4n) is 3.02. The Kier molecular flexibility index (Phi) is 7.09. The van der Waals surface area contributed by atoms with Gasteiger partial charge in [0.05, 0.1) is 12.0 Å². The van der Waals surface area contributed by atoms with Gasteiger partial charge in [-0.25, -0.2) is 8.42 Å². The Morgan fingerprint density at radius 1 is 0.903 bits per heavy atom. The summed E-state index contributed by atoms with van der Waals surface area (Å²) in [5.74, 6) is 0.421. The van der Waals surface area contributed by atoms with Crippen LogP contribution in [0.1, 0.15) is 27.0 Å². The van der Waals surface area contributed by atoms with Crippen molar-refractivity contribution in [2.45, 2.75) is 24.9 Å². The maximum atomic E-state index is 12.8. The van der Waals surface area contributed by atoms with Gasteiger partial charge in [0.25, 0.3) is 5.91 Å². The smallest absolute Gasteiger partial charge is 0.251 e. The van der Waals surface area contributed by atoms with Crippen LogP contribution in [0.5, 0.6) is 5.75 Å². The van der Waals surface area contributed by atoms with Crippen molar-refractivity contribution in [3.63, 3.8) is 0 Å². The number of carbonyl (C=O) groups excluding carboxylic acids is 1. The number of benzene rings is 3. The van der Waals surface area contributed by atoms with Gasteiger partial charge in [0, 0.05) is 25.7 Å². The highest BCUT2D eigenvalue weighted by atomic mass is 32.2. The second-order valence-electron chi connectivity index (χ2n) is 7.30. The van der Waals surface area contributed by atoms with Crippen LogP contribution in [-0.4, -0.2) is 32.8 Å². The SMILES string of the molecule is COc1ccc(S(=O)(=O)N(C)Cc2ccc(C(=O)NCc3ccc(C)cc3)cc2)cc1. The Bertz CT molecular complexity index is 1120. The molecule has 3 rings (SSSR count). The first-order valence-corrected chi connectivity index (χ1v) is 11.3. The number of hydrogen-bond donors (Lipinski definition) is 1. The molecular weight excluding hydrogens is 412 g/mol. The summed E-state index contributed by atoms with van der Waals surface area (Å²) >= 11 is 0. The third kappa shape index (κ3) is 5.71. The normalized spacial score (nSPS) is 11.4. The summed E-state index contributed by atoms with van der Waals surface area (Å²) < 4.78 is 31.9. The van der Waals surface area contributed by atoms with E-state index in [9.17, 15) is 13.2 Å². The van der Waals surface area contributed by atoms with E-state index < -0.39 is 10.0 Å². The van der Waals surface area contributed by atoms with E-state index in [4.69, 9.17) is 4.74 Å². The third-order valence-corrected chi connectivity index (χ3v) is 6.78. The molecule has 3 aromatic rings. The molecule has 1 N–H and O–H groups in total. The second kappa shape index (κ2) is 9.76. The summed E-state index contributed by atoms with van der Waals surface area (Å²) in [5.41, 5.74) is 3.51. The van der Waals surface area contributed by atoms with Crippen LogP contribution in [0.25, 0.3) is 0 Å². The summed E-state index contributed by atoms with van der Waals surface area (Å²) in [6.07, 6.45) is 0. The van der Waals surface area contributed by atoms with Crippen LogP contribution in [0.3, 0.4) is 0 Å². The highest BCUT2D eigenvalue weighted by Crippen LogP contribution is 2.20. The summed E-state index contributed by atoms with van der Waals surface area (Å²) in [4.78, 5) is 12.6. The van der Waals surface area contributed by atoms with Crippen molar-refractivity contribution >= 4 is 15.9 Å². The molecule has 162 valence electrons. The quantitative estimate of drug-likeness (QED) is 0.581. The van der Waals surface area contributed by atoms with E-state index in [1.54, 1.807) is 36.4 Å². The standard InChI is InChI=1S/C24H26N2O4S/c1-18-4-6-19(7-5-18)16-25-24(27)21-10-8-20(9-11-21)17-26(2)31(28,29)23-14-12-22(30-3)13-15-23/h4-15H,16-17H2,1-3H3,(H,25,27). The molecule has 3 aromatic carbocycles. The Morgan fingerprint density at radius 2 is 1.48 bits per heavy atom. The highest BCUT2D eigenvalue weighted by molar-refractivity contribution is 7.89. The van der Waals surface area contributed by atoms with E-state index >= 15 is 0 Å². The molecule has 0 atom stereocenters. The molecule has 0 saturated carbocycles. The zero-order valence-electron chi connectivity index (χ0n) is 17.8. The van der Waals surface area contributed by atoms with Gasteiger partial charge in [-0.2, -0.15) is 4.31 Å². The molecule has 0 bridgehead atoms. The van der Waals surface area contributed by atoms with Crippen LogP contribution in [0, 0.1) is 6.92 Å². The van der Waals surface area contributed by atoms with Crippen molar-refractivity contribution in [3.05, 3.63) is 95.1 Å². The first-order chi connectivity index (χ1) is 14.8. The Hall–Kier alpha value is -3.16. The van der Waals surface area contributed by atoms with Gasteiger partial charge < -0.3 is 10.1 Å². The molecule has 0 unspecified atom stereocenters. The van der Waals surface area contributed by atoms with Crippen molar-refractivity contribution in [1.29, 1.82) is 0 Å². The van der Waals surface area contributed by atoms with E-state index in [2.05, 4.69) is 5.32 Å². The number of methoxy groups -OCH3 is 1. The number of rotatable bonds is 8. The Balaban J connectivity index is 1.61. The van der Waals surface area contributed by atoms with Crippen molar-refractivity contribution in [2.24, 2.45) is 0 Å². The molecule has 0 spiro atoms. The maximum absolute atomic E-state index is 12.8. The molecule has 0 aliphatic heterocycles. The molecule has 0 aliphatic carbocycles. The maximum Gasteiger partial charge on any atom is 0.251 e. The fraction of sp³-hybridized carbons (Fsp3) is 0.208. The number of ether oxygens (including phenoxy) is 1. The number of sulfonamides is 1. The Morgan fingerprint density at radius 3 is 2.06 bits per heavy atom. The van der Waals surface area contributed by atoms with E-state index in [0.29, 0.717) is 17.9 Å². The number of nitrogens with one attached hydrogen (secondary N) is 1. The van der Waals surface area contributed by atoms with Crippen LogP contribution in [0.2, 0.25) is 0 Å². The molecule has 0 saturated heterocycles. The average Bonchev–Trinajstić information content (AvgIpc) is 2.79. The predicted octanol–water partition coefficient (Wildman–Crippen LogP) is 3.75. The zero-order chi connectivity index (χ0) is 22.4. The van der Waals surface area contributed by atoms with Gasteiger partial charge in [0.2, 0.25) is 10.0 Å². The van der Waals surface area contributed by atoms with E-state index in [0.717, 1.165) is 11.1 Å². The summed E-state index contributed by atoms with van der Waals surface area (Å²) in [7, 11) is -0.573. The number of nitrogens with zero attached hydrogens (tertiary/aromatic N) is 1. The molecular formula is C24H26N2O4S. The largest absolute Gasteiger partial charge is 0.497 e. The predicted molar refractivity (Wildman–Crippen MR) is 120 cm³/mol. The lowest BCUT2D eigenvalue weighted by atomic mass is 10.1. The monoisotopic (exact) mass is 438 g/mol. The van der Waals surface area contributed by atoms with E-state index in [1.165, 1.54) is 36.2 Å². The molecule has 6 nitrogen and oxygen atoms in total. The lowest BCUT2D eigenvalue weighted by Gasteiger charge is -2.17. The van der Waals surface area contributed by atoms with Gasteiger partial charge in [-0.05, 0) is 54.4 Å². The molecule has 31 heavy (non-hydrogen) atoms. The fourth-order valence-corrected chi connectivity index (χ4v) is 4.18. The van der Waals surface area contributed by atoms with Crippen molar-refractivity contribution < 1.29 is 17.9 Å². The number of carbonyl (C=O) groups is 1. The zero-order valence-corrected chi connectivity index (χ0v) is 18.6. The molecule has 0 fully saturated rings. The minimum absolute atomic E-state index is 0.175. The number of hydrogen-bond acceptors (Lipinski definition) is 4. The molecule has 0 heterocycles. The number of aryl methyl sites for hydroxylation is 1. The minimum Gasteiger partial charge on any atom is -0.497 e. The molecule has 1 amide bonds. The van der Waals surface area contributed by atoms with Crippen molar-refractivity contribution in [1.82, 2.24) is 9.62 Å². The minimum atomic E-state index is -3.63. The van der Waals surface area contributed by atoms with Crippen LogP contribution < -0.4 is 10.1 Å². The summed E-state index contributed by atoms with van der Waals surface area (Å²) in [6, 6.07) is 21.2. The van der Waals surface area contributed by atoms with Crippen LogP contribution >= 0.6 is 0 Å². The van der Waals surface area contributed by atoms with E-state index in [-0.39, 0.29) is 17.3 Å². The Labute approximate surface area is 183 Å². The summed E-state index contributed by atoms with van der Waals surface area (Å²) in [5, 5.41) is 2.89. The second-order valence-corrected chi connectivity index (χ2v) is 9.35. The first-order valence-electron chi connectivity index (χ1n) is 9.82. The number of amides is 1. The molecule has 0 aliphatic rings. The average molecular weight is 439 g/mol. The molecule has 0 aromatic heterocycles. The topological polar surface area (TPSA) is 75.7 Å². The van der Waals surface area contributed by atoms with Crippen molar-refractivity contribution in [3.8, 4) is 5.75 Å².